The molecule has 0 amide bonds. The molecule has 0 aliphatic carbocycles. The number of hydrogen-bond donors (Lipinski definition) is 2. The lowest BCUT2D eigenvalue weighted by atomic mass is 10.00. The summed E-state index contributed by atoms with van der Waals surface area (Å²) < 4.78 is 29.3. The van der Waals surface area contributed by atoms with E-state index in [1.807, 2.05) is 0 Å². The van der Waals surface area contributed by atoms with Crippen molar-refractivity contribution in [2.75, 3.05) is 19.8 Å². The van der Waals surface area contributed by atoms with Crippen LogP contribution in [0.4, 0.5) is 0 Å². The van der Waals surface area contributed by atoms with E-state index in [9.17, 15) is 13.2 Å². The molecule has 1 saturated heterocycles. The molecule has 1 fully saturated rings. The molecule has 3 N–H and O–H groups in total. The van der Waals surface area contributed by atoms with E-state index in [2.05, 4.69) is 0 Å². The zero-order valence-corrected chi connectivity index (χ0v) is 12.0. The number of aliphatic carboxylic acids is 1. The van der Waals surface area contributed by atoms with Gasteiger partial charge in [0.25, 0.3) is 0 Å². The van der Waals surface area contributed by atoms with E-state index in [4.69, 9.17) is 27.2 Å². The number of halogens is 1. The molecule has 0 radical (unpaired) electrons. The molecule has 110 valence electrons. The lowest BCUT2D eigenvalue weighted by Gasteiger charge is -2.26. The third kappa shape index (κ3) is 2.67. The van der Waals surface area contributed by atoms with E-state index in [1.54, 1.807) is 0 Å². The third-order valence-corrected chi connectivity index (χ3v) is 5.79. The number of carboxylic acids is 1. The van der Waals surface area contributed by atoms with E-state index >= 15 is 0 Å². The lowest BCUT2D eigenvalue weighted by molar-refractivity contribution is -0.138. The van der Waals surface area contributed by atoms with Crippen molar-refractivity contribution in [3.05, 3.63) is 28.8 Å². The van der Waals surface area contributed by atoms with Crippen LogP contribution < -0.4 is 5.73 Å². The van der Waals surface area contributed by atoms with Crippen LogP contribution in [0, 0.1) is 0 Å². The highest BCUT2D eigenvalue weighted by Gasteiger charge is 2.35. The van der Waals surface area contributed by atoms with Gasteiger partial charge >= 0.3 is 5.97 Å². The van der Waals surface area contributed by atoms with Crippen LogP contribution in [0.5, 0.6) is 0 Å². The quantitative estimate of drug-likeness (QED) is 0.824. The SMILES string of the molecule is NCC(C(=O)O)c1ccc(S(=O)(=O)C2COC2)c(Cl)c1. The second kappa shape index (κ2) is 5.69. The Morgan fingerprint density at radius 3 is 2.55 bits per heavy atom. The molecule has 8 heteroatoms. The zero-order chi connectivity index (χ0) is 14.9. The number of carbonyl (C=O) groups is 1. The Morgan fingerprint density at radius 1 is 1.50 bits per heavy atom. The molecule has 1 atom stereocenters. The summed E-state index contributed by atoms with van der Waals surface area (Å²) in [5, 5.41) is 8.45. The molecule has 0 aromatic heterocycles. The van der Waals surface area contributed by atoms with Crippen LogP contribution in [-0.4, -0.2) is 44.5 Å². The number of sulfone groups is 1. The van der Waals surface area contributed by atoms with Crippen molar-refractivity contribution in [3.8, 4) is 0 Å². The van der Waals surface area contributed by atoms with Gasteiger partial charge < -0.3 is 15.6 Å². The van der Waals surface area contributed by atoms with Gasteiger partial charge in [-0.05, 0) is 17.7 Å². The highest BCUT2D eigenvalue weighted by Crippen LogP contribution is 2.30. The number of hydrogen-bond acceptors (Lipinski definition) is 5. The van der Waals surface area contributed by atoms with Gasteiger partial charge in [-0.2, -0.15) is 0 Å². The monoisotopic (exact) mass is 319 g/mol. The number of benzene rings is 1. The minimum atomic E-state index is -3.54. The molecule has 2 rings (SSSR count). The van der Waals surface area contributed by atoms with Crippen LogP contribution in [0.3, 0.4) is 0 Å². The summed E-state index contributed by atoms with van der Waals surface area (Å²) in [7, 11) is -3.54. The number of ether oxygens (including phenoxy) is 1. The minimum Gasteiger partial charge on any atom is -0.481 e. The fourth-order valence-corrected chi connectivity index (χ4v) is 3.93. The van der Waals surface area contributed by atoms with Crippen LogP contribution in [0.15, 0.2) is 23.1 Å². The second-order valence-electron chi connectivity index (χ2n) is 4.52. The summed E-state index contributed by atoms with van der Waals surface area (Å²) in [4.78, 5) is 11.0. The normalized spacial score (nSPS) is 17.5. The maximum Gasteiger partial charge on any atom is 0.312 e. The van der Waals surface area contributed by atoms with Gasteiger partial charge in [0, 0.05) is 6.54 Å². The molecule has 1 aromatic carbocycles. The van der Waals surface area contributed by atoms with Gasteiger partial charge in [-0.15, -0.1) is 0 Å². The average molecular weight is 320 g/mol. The maximum atomic E-state index is 12.2. The van der Waals surface area contributed by atoms with Crippen LogP contribution in [0.25, 0.3) is 0 Å². The van der Waals surface area contributed by atoms with Gasteiger partial charge in [0.2, 0.25) is 0 Å². The van der Waals surface area contributed by atoms with E-state index in [0.29, 0.717) is 5.56 Å². The molecule has 1 aliphatic rings. The highest BCUT2D eigenvalue weighted by molar-refractivity contribution is 7.92. The van der Waals surface area contributed by atoms with Crippen molar-refractivity contribution in [2.45, 2.75) is 16.1 Å². The van der Waals surface area contributed by atoms with Crippen molar-refractivity contribution < 1.29 is 23.1 Å². The van der Waals surface area contributed by atoms with E-state index in [-0.39, 0.29) is 29.7 Å². The van der Waals surface area contributed by atoms with Crippen molar-refractivity contribution >= 4 is 27.4 Å². The highest BCUT2D eigenvalue weighted by atomic mass is 35.5. The Labute approximate surface area is 121 Å². The fourth-order valence-electron chi connectivity index (χ4n) is 1.92. The van der Waals surface area contributed by atoms with E-state index in [0.717, 1.165) is 0 Å². The first-order valence-corrected chi connectivity index (χ1v) is 7.84. The molecule has 0 saturated carbocycles. The first-order chi connectivity index (χ1) is 9.37. The molecule has 1 unspecified atom stereocenters. The van der Waals surface area contributed by atoms with Gasteiger partial charge in [-0.3, -0.25) is 4.79 Å². The number of carboxylic acid groups (broad SMARTS) is 1. The predicted molar refractivity (Wildman–Crippen MR) is 72.7 cm³/mol. The number of rotatable bonds is 5. The lowest BCUT2D eigenvalue weighted by Crippen LogP contribution is -2.40. The van der Waals surface area contributed by atoms with Gasteiger partial charge in [0.05, 0.1) is 29.0 Å². The van der Waals surface area contributed by atoms with Gasteiger partial charge in [-0.1, -0.05) is 17.7 Å². The molecule has 20 heavy (non-hydrogen) atoms. The Balaban J connectivity index is 2.37. The molecular weight excluding hydrogens is 306 g/mol. The van der Waals surface area contributed by atoms with Gasteiger partial charge in [0.15, 0.2) is 9.84 Å². The average Bonchev–Trinajstić information content (AvgIpc) is 2.25. The van der Waals surface area contributed by atoms with E-state index in [1.165, 1.54) is 18.2 Å². The summed E-state index contributed by atoms with van der Waals surface area (Å²) >= 11 is 5.99. The molecule has 1 heterocycles. The van der Waals surface area contributed by atoms with Gasteiger partial charge in [0.1, 0.15) is 5.25 Å². The smallest absolute Gasteiger partial charge is 0.312 e. The van der Waals surface area contributed by atoms with Crippen molar-refractivity contribution in [3.63, 3.8) is 0 Å². The summed E-state index contributed by atoms with van der Waals surface area (Å²) in [5.41, 5.74) is 5.78. The van der Waals surface area contributed by atoms with E-state index < -0.39 is 27.0 Å². The summed E-state index contributed by atoms with van der Waals surface area (Å²) in [6.07, 6.45) is 0. The summed E-state index contributed by atoms with van der Waals surface area (Å²) in [5.74, 6) is -1.98. The zero-order valence-electron chi connectivity index (χ0n) is 10.5. The van der Waals surface area contributed by atoms with Crippen LogP contribution in [0.1, 0.15) is 11.5 Å². The van der Waals surface area contributed by atoms with Crippen molar-refractivity contribution in [2.24, 2.45) is 5.73 Å². The van der Waals surface area contributed by atoms with Gasteiger partial charge in [-0.25, -0.2) is 8.42 Å². The van der Waals surface area contributed by atoms with Crippen molar-refractivity contribution in [1.82, 2.24) is 0 Å². The number of nitrogens with two attached hydrogens (primary N) is 1. The molecule has 1 aromatic rings. The topological polar surface area (TPSA) is 107 Å². The Morgan fingerprint density at radius 2 is 2.15 bits per heavy atom. The molecule has 0 spiro atoms. The molecule has 0 bridgehead atoms. The van der Waals surface area contributed by atoms with Crippen molar-refractivity contribution in [1.29, 1.82) is 0 Å². The predicted octanol–water partition coefficient (Wildman–Crippen LogP) is 0.639. The maximum absolute atomic E-state index is 12.2. The largest absolute Gasteiger partial charge is 0.481 e. The first-order valence-electron chi connectivity index (χ1n) is 5.92. The second-order valence-corrected chi connectivity index (χ2v) is 7.12. The molecule has 1 aliphatic heterocycles. The van der Waals surface area contributed by atoms with Crippen LogP contribution in [0.2, 0.25) is 5.02 Å². The minimum absolute atomic E-state index is 0.00243. The Bertz CT molecular complexity index is 627. The molecule has 6 nitrogen and oxygen atoms in total. The fraction of sp³-hybridized carbons (Fsp3) is 0.417. The first kappa shape index (κ1) is 15.2. The Hall–Kier alpha value is -1.15. The standard InChI is InChI=1S/C12H14ClNO5S/c13-10-3-7(9(4-14)12(15)16)1-2-11(10)20(17,18)8-5-19-6-8/h1-3,8-9H,4-6,14H2,(H,15,16). The Kier molecular flexibility index (Phi) is 4.33. The summed E-state index contributed by atoms with van der Waals surface area (Å²) in [6.45, 7) is 0.218. The third-order valence-electron chi connectivity index (χ3n) is 3.24. The van der Waals surface area contributed by atoms with Crippen LogP contribution in [-0.2, 0) is 19.4 Å². The summed E-state index contributed by atoms with van der Waals surface area (Å²) in [6, 6.07) is 4.11. The van der Waals surface area contributed by atoms with Crippen LogP contribution >= 0.6 is 11.6 Å². The molecular formula is C12H14ClNO5S.